The number of aromatic nitrogens is 1. The summed E-state index contributed by atoms with van der Waals surface area (Å²) in [6.07, 6.45) is 2.77. The molecule has 7 nitrogen and oxygen atoms in total. The molecule has 26 heavy (non-hydrogen) atoms. The first-order valence-corrected chi connectivity index (χ1v) is 10.9. The van der Waals surface area contributed by atoms with Crippen LogP contribution in [0.25, 0.3) is 0 Å². The molecule has 0 radical (unpaired) electrons. The summed E-state index contributed by atoms with van der Waals surface area (Å²) in [5.41, 5.74) is 0.0961. The van der Waals surface area contributed by atoms with Crippen LogP contribution in [0.1, 0.15) is 29.8 Å². The highest BCUT2D eigenvalue weighted by Crippen LogP contribution is 2.25. The van der Waals surface area contributed by atoms with Gasteiger partial charge in [-0.05, 0) is 33.0 Å². The van der Waals surface area contributed by atoms with Crippen molar-refractivity contribution >= 4 is 35.0 Å². The third kappa shape index (κ3) is 5.18. The Kier molecular flexibility index (Phi) is 6.91. The number of aromatic carboxylic acids is 1. The van der Waals surface area contributed by atoms with E-state index in [1.165, 1.54) is 29.5 Å². The van der Waals surface area contributed by atoms with Crippen LogP contribution in [0.3, 0.4) is 0 Å². The SMILES string of the molecule is CN1CCCN(C[C@H]2CCC(=O)N2CCSc2nc(C(=O)O)cs2)CC1. The van der Waals surface area contributed by atoms with E-state index < -0.39 is 5.97 Å². The Hall–Kier alpha value is -1.16. The zero-order valence-electron chi connectivity index (χ0n) is 15.1. The van der Waals surface area contributed by atoms with Crippen molar-refractivity contribution < 1.29 is 14.7 Å². The first-order chi connectivity index (χ1) is 12.5. The molecule has 1 aromatic heterocycles. The van der Waals surface area contributed by atoms with Crippen LogP contribution in [-0.4, -0.2) is 94.8 Å². The number of carboxylic acid groups (broad SMARTS) is 1. The molecule has 2 saturated heterocycles. The Morgan fingerprint density at radius 2 is 2.23 bits per heavy atom. The van der Waals surface area contributed by atoms with Gasteiger partial charge in [-0.15, -0.1) is 11.3 Å². The first-order valence-electron chi connectivity index (χ1n) is 9.05. The van der Waals surface area contributed by atoms with E-state index in [-0.39, 0.29) is 11.6 Å². The Balaban J connectivity index is 1.48. The van der Waals surface area contributed by atoms with E-state index in [9.17, 15) is 9.59 Å². The summed E-state index contributed by atoms with van der Waals surface area (Å²) in [6.45, 7) is 6.07. The topological polar surface area (TPSA) is 77.0 Å². The number of hydrogen-bond acceptors (Lipinski definition) is 7. The molecular weight excluding hydrogens is 372 g/mol. The van der Waals surface area contributed by atoms with E-state index in [4.69, 9.17) is 5.11 Å². The molecule has 3 heterocycles. The van der Waals surface area contributed by atoms with Crippen LogP contribution in [0.2, 0.25) is 0 Å². The summed E-state index contributed by atoms with van der Waals surface area (Å²) in [5.74, 6) is -0.00346. The summed E-state index contributed by atoms with van der Waals surface area (Å²) in [4.78, 5) is 34.1. The van der Waals surface area contributed by atoms with Gasteiger partial charge < -0.3 is 14.9 Å². The normalized spacial score (nSPS) is 22.7. The van der Waals surface area contributed by atoms with Gasteiger partial charge in [0, 0.05) is 49.8 Å². The largest absolute Gasteiger partial charge is 0.476 e. The summed E-state index contributed by atoms with van der Waals surface area (Å²) < 4.78 is 0.751. The third-order valence-corrected chi connectivity index (χ3v) is 6.99. The van der Waals surface area contributed by atoms with Crippen LogP contribution < -0.4 is 0 Å². The van der Waals surface area contributed by atoms with Gasteiger partial charge in [-0.2, -0.15) is 0 Å². The van der Waals surface area contributed by atoms with Crippen LogP contribution in [0, 0.1) is 0 Å². The highest BCUT2D eigenvalue weighted by Gasteiger charge is 2.32. The minimum absolute atomic E-state index is 0.0961. The lowest BCUT2D eigenvalue weighted by atomic mass is 10.2. The second-order valence-corrected chi connectivity index (χ2v) is 9.09. The summed E-state index contributed by atoms with van der Waals surface area (Å²) >= 11 is 2.88. The van der Waals surface area contributed by atoms with Crippen LogP contribution in [-0.2, 0) is 4.79 Å². The van der Waals surface area contributed by atoms with E-state index in [2.05, 4.69) is 21.8 Å². The molecule has 1 atom stereocenters. The maximum Gasteiger partial charge on any atom is 0.355 e. The number of carbonyl (C=O) groups is 2. The van der Waals surface area contributed by atoms with E-state index in [0.717, 1.165) is 49.2 Å². The second-order valence-electron chi connectivity index (χ2n) is 6.89. The smallest absolute Gasteiger partial charge is 0.355 e. The molecule has 2 fully saturated rings. The van der Waals surface area contributed by atoms with Crippen molar-refractivity contribution in [1.29, 1.82) is 0 Å². The molecule has 2 aliphatic rings. The number of amides is 1. The quantitative estimate of drug-likeness (QED) is 0.699. The number of thiazole rings is 1. The van der Waals surface area contributed by atoms with Gasteiger partial charge in [0.25, 0.3) is 0 Å². The van der Waals surface area contributed by atoms with Crippen LogP contribution in [0.4, 0.5) is 0 Å². The highest BCUT2D eigenvalue weighted by atomic mass is 32.2. The fourth-order valence-corrected chi connectivity index (χ4v) is 5.33. The minimum Gasteiger partial charge on any atom is -0.476 e. The molecule has 0 unspecified atom stereocenters. The number of nitrogens with zero attached hydrogens (tertiary/aromatic N) is 4. The van der Waals surface area contributed by atoms with Crippen LogP contribution in [0.5, 0.6) is 0 Å². The number of likely N-dealkylation sites (N-methyl/N-ethyl adjacent to an activating group) is 1. The van der Waals surface area contributed by atoms with Gasteiger partial charge >= 0.3 is 5.97 Å². The Morgan fingerprint density at radius 1 is 1.38 bits per heavy atom. The van der Waals surface area contributed by atoms with Gasteiger partial charge in [0.1, 0.15) is 0 Å². The zero-order valence-corrected chi connectivity index (χ0v) is 16.7. The Labute approximate surface area is 162 Å². The van der Waals surface area contributed by atoms with E-state index >= 15 is 0 Å². The number of hydrogen-bond donors (Lipinski definition) is 1. The predicted molar refractivity (Wildman–Crippen MR) is 103 cm³/mol. The van der Waals surface area contributed by atoms with Crippen LogP contribution >= 0.6 is 23.1 Å². The first kappa shape index (κ1) is 19.6. The highest BCUT2D eigenvalue weighted by molar-refractivity contribution is 8.01. The number of carboxylic acids is 1. The molecule has 0 aliphatic carbocycles. The van der Waals surface area contributed by atoms with E-state index in [0.29, 0.717) is 19.0 Å². The molecule has 0 saturated carbocycles. The third-order valence-electron chi connectivity index (χ3n) is 4.99. The van der Waals surface area contributed by atoms with E-state index in [1.807, 2.05) is 4.90 Å². The molecule has 144 valence electrons. The lowest BCUT2D eigenvalue weighted by molar-refractivity contribution is -0.128. The Morgan fingerprint density at radius 3 is 3.00 bits per heavy atom. The van der Waals surface area contributed by atoms with Crippen molar-refractivity contribution in [1.82, 2.24) is 19.7 Å². The van der Waals surface area contributed by atoms with Gasteiger partial charge in [-0.25, -0.2) is 9.78 Å². The summed E-state index contributed by atoms with van der Waals surface area (Å²) in [6, 6.07) is 0.303. The van der Waals surface area contributed by atoms with Gasteiger partial charge in [0.05, 0.1) is 0 Å². The molecule has 9 heteroatoms. The fourth-order valence-electron chi connectivity index (χ4n) is 3.52. The second kappa shape index (κ2) is 9.16. The van der Waals surface area contributed by atoms with Gasteiger partial charge in [-0.1, -0.05) is 11.8 Å². The van der Waals surface area contributed by atoms with Crippen LogP contribution in [0.15, 0.2) is 9.72 Å². The molecule has 1 aromatic rings. The maximum absolute atomic E-state index is 12.3. The van der Waals surface area contributed by atoms with Crippen molar-refractivity contribution in [2.45, 2.75) is 29.6 Å². The number of thioether (sulfide) groups is 1. The molecule has 3 rings (SSSR count). The zero-order chi connectivity index (χ0) is 18.5. The lowest BCUT2D eigenvalue weighted by Crippen LogP contribution is -2.43. The lowest BCUT2D eigenvalue weighted by Gasteiger charge is -2.30. The van der Waals surface area contributed by atoms with Crippen molar-refractivity contribution in [2.24, 2.45) is 0 Å². The number of carbonyl (C=O) groups excluding carboxylic acids is 1. The minimum atomic E-state index is -0.994. The van der Waals surface area contributed by atoms with Gasteiger partial charge in [-0.3, -0.25) is 9.69 Å². The predicted octanol–water partition coefficient (Wildman–Crippen LogP) is 1.56. The fraction of sp³-hybridized carbons (Fsp3) is 0.706. The molecular formula is C17H26N4O3S2. The number of rotatable bonds is 7. The Bertz CT molecular complexity index is 639. The molecule has 1 N–H and O–H groups in total. The average Bonchev–Trinajstić information content (AvgIpc) is 3.15. The van der Waals surface area contributed by atoms with Gasteiger partial charge in [0.2, 0.25) is 5.91 Å². The summed E-state index contributed by atoms with van der Waals surface area (Å²) in [7, 11) is 2.17. The molecule has 1 amide bonds. The van der Waals surface area contributed by atoms with Gasteiger partial charge in [0.15, 0.2) is 10.0 Å². The van der Waals surface area contributed by atoms with Crippen molar-refractivity contribution in [3.05, 3.63) is 11.1 Å². The average molecular weight is 399 g/mol. The molecule has 0 bridgehead atoms. The maximum atomic E-state index is 12.3. The summed E-state index contributed by atoms with van der Waals surface area (Å²) in [5, 5.41) is 10.5. The molecule has 0 aromatic carbocycles. The van der Waals surface area contributed by atoms with Crippen molar-refractivity contribution in [3.63, 3.8) is 0 Å². The van der Waals surface area contributed by atoms with E-state index in [1.54, 1.807) is 5.38 Å². The molecule has 0 spiro atoms. The van der Waals surface area contributed by atoms with Crippen molar-refractivity contribution in [3.8, 4) is 0 Å². The standard InChI is InChI=1S/C17H26N4O3S2/c1-19-5-2-6-20(8-7-19)11-13-3-4-15(22)21(13)9-10-25-17-18-14(12-26-17)16(23)24/h12-13H,2-11H2,1H3,(H,23,24)/t13-/m1/s1. The number of likely N-dealkylation sites (tertiary alicyclic amines) is 1. The van der Waals surface area contributed by atoms with Crippen molar-refractivity contribution in [2.75, 3.05) is 52.1 Å². The molecule has 2 aliphatic heterocycles. The monoisotopic (exact) mass is 398 g/mol.